The average Bonchev–Trinajstić information content (AvgIpc) is 2.80. The lowest BCUT2D eigenvalue weighted by Crippen LogP contribution is -2.76. The van der Waals surface area contributed by atoms with Gasteiger partial charge in [0.15, 0.2) is 0 Å². The molecule has 0 spiro atoms. The third-order valence-corrected chi connectivity index (χ3v) is 5.56. The van der Waals surface area contributed by atoms with Gasteiger partial charge in [-0.1, -0.05) is 63.8 Å². The molecule has 0 bridgehead atoms. The molecule has 0 aliphatic carbocycles. The van der Waals surface area contributed by atoms with E-state index in [0.29, 0.717) is 6.42 Å². The molecule has 0 radical (unpaired) electrons. The first-order valence-electron chi connectivity index (χ1n) is 11.7. The van der Waals surface area contributed by atoms with Crippen LogP contribution in [0.1, 0.15) is 96.8 Å². The molecule has 3 N–H and O–H groups in total. The standard InChI is InChI=1S/C22H34N2O9/c1-2-3-4-5-6-7-8-9-10-11-16(25)21-22(23,31-18(27)13-12-17(26)30-21)32-19(28)14-15-20(29)33-24-21/h24H,2-15,23H2,1H3. The summed E-state index contributed by atoms with van der Waals surface area (Å²) in [7, 11) is 0. The number of rotatable bonds is 11. The summed E-state index contributed by atoms with van der Waals surface area (Å²) in [4.78, 5) is 66.7. The molecular weight excluding hydrogens is 436 g/mol. The summed E-state index contributed by atoms with van der Waals surface area (Å²) in [5, 5.41) is 0. The number of hydrogen-bond donors (Lipinski definition) is 2. The second kappa shape index (κ2) is 12.6. The van der Waals surface area contributed by atoms with Crippen LogP contribution in [0.25, 0.3) is 0 Å². The number of hydrogen-bond acceptors (Lipinski definition) is 11. The zero-order valence-electron chi connectivity index (χ0n) is 19.2. The smallest absolute Gasteiger partial charge is 0.382 e. The normalized spacial score (nSPS) is 26.2. The van der Waals surface area contributed by atoms with Gasteiger partial charge in [0, 0.05) is 6.42 Å². The van der Waals surface area contributed by atoms with Gasteiger partial charge in [0.25, 0.3) is 0 Å². The second-order valence-corrected chi connectivity index (χ2v) is 8.35. The highest BCUT2D eigenvalue weighted by Gasteiger charge is 2.66. The summed E-state index contributed by atoms with van der Waals surface area (Å²) in [6.07, 6.45) is 7.23. The van der Waals surface area contributed by atoms with Gasteiger partial charge >= 0.3 is 35.5 Å². The first-order valence-corrected chi connectivity index (χ1v) is 11.7. The van der Waals surface area contributed by atoms with Crippen LogP contribution in [-0.4, -0.2) is 41.3 Å². The third kappa shape index (κ3) is 7.50. The summed E-state index contributed by atoms with van der Waals surface area (Å²) in [6, 6.07) is 0. The number of hydroxylamine groups is 1. The van der Waals surface area contributed by atoms with Gasteiger partial charge < -0.3 is 19.0 Å². The lowest BCUT2D eigenvalue weighted by Gasteiger charge is -2.43. The molecule has 2 unspecified atom stereocenters. The molecule has 11 nitrogen and oxygen atoms in total. The second-order valence-electron chi connectivity index (χ2n) is 8.35. The molecule has 2 rings (SSSR count). The predicted molar refractivity (Wildman–Crippen MR) is 112 cm³/mol. The fourth-order valence-corrected chi connectivity index (χ4v) is 3.66. The molecular formula is C22H34N2O9. The summed E-state index contributed by atoms with van der Waals surface area (Å²) < 4.78 is 15.4. The molecule has 33 heavy (non-hydrogen) atoms. The Kier molecular flexibility index (Phi) is 10.2. The van der Waals surface area contributed by atoms with Crippen LogP contribution in [0.15, 0.2) is 0 Å². The molecule has 0 aromatic carbocycles. The van der Waals surface area contributed by atoms with Gasteiger partial charge in [0.2, 0.25) is 5.78 Å². The fourth-order valence-electron chi connectivity index (χ4n) is 3.66. The number of carbonyl (C=O) groups is 5. The van der Waals surface area contributed by atoms with Crippen molar-refractivity contribution in [2.75, 3.05) is 0 Å². The van der Waals surface area contributed by atoms with Crippen molar-refractivity contribution in [1.82, 2.24) is 5.48 Å². The van der Waals surface area contributed by atoms with Gasteiger partial charge in [0.1, 0.15) is 0 Å². The fraction of sp³-hybridized carbons (Fsp3) is 0.773. The molecule has 186 valence electrons. The lowest BCUT2D eigenvalue weighted by atomic mass is 9.97. The zero-order valence-corrected chi connectivity index (χ0v) is 19.2. The van der Waals surface area contributed by atoms with Crippen molar-refractivity contribution in [2.24, 2.45) is 5.73 Å². The van der Waals surface area contributed by atoms with Crippen LogP contribution in [0.3, 0.4) is 0 Å². The van der Waals surface area contributed by atoms with Crippen LogP contribution >= 0.6 is 0 Å². The quantitative estimate of drug-likeness (QED) is 0.258. The van der Waals surface area contributed by atoms with Crippen molar-refractivity contribution in [3.63, 3.8) is 0 Å². The van der Waals surface area contributed by atoms with E-state index in [2.05, 4.69) is 12.4 Å². The van der Waals surface area contributed by atoms with E-state index in [-0.39, 0.29) is 12.8 Å². The minimum absolute atomic E-state index is 0.151. The Bertz CT molecular complexity index is 741. The molecule has 2 fully saturated rings. The average molecular weight is 471 g/mol. The number of fused-ring (bicyclic) bond motifs is 1. The van der Waals surface area contributed by atoms with Crippen molar-refractivity contribution in [3.8, 4) is 0 Å². The van der Waals surface area contributed by atoms with E-state index in [9.17, 15) is 24.0 Å². The van der Waals surface area contributed by atoms with E-state index in [0.717, 1.165) is 25.7 Å². The van der Waals surface area contributed by atoms with Gasteiger partial charge in [-0.05, 0) is 6.42 Å². The number of nitrogens with two attached hydrogens (primary N) is 1. The number of unbranched alkanes of at least 4 members (excludes halogenated alkanes) is 8. The molecule has 2 atom stereocenters. The summed E-state index contributed by atoms with van der Waals surface area (Å²) in [5.74, 6) is -7.58. The van der Waals surface area contributed by atoms with Crippen LogP contribution < -0.4 is 11.2 Å². The molecule has 0 amide bonds. The van der Waals surface area contributed by atoms with Gasteiger partial charge in [0.05, 0.1) is 25.7 Å². The van der Waals surface area contributed by atoms with E-state index < -0.39 is 60.6 Å². The number of ether oxygens (including phenoxy) is 3. The van der Waals surface area contributed by atoms with E-state index in [1.165, 1.54) is 25.7 Å². The Labute approximate surface area is 192 Å². The number of esters is 3. The number of nitrogens with one attached hydrogen (secondary N) is 1. The van der Waals surface area contributed by atoms with Crippen molar-refractivity contribution >= 4 is 29.7 Å². The zero-order chi connectivity index (χ0) is 24.3. The maximum atomic E-state index is 13.3. The van der Waals surface area contributed by atoms with Gasteiger partial charge in [-0.15, -0.1) is 0 Å². The maximum absolute atomic E-state index is 13.3. The highest BCUT2D eigenvalue weighted by Crippen LogP contribution is 2.33. The van der Waals surface area contributed by atoms with Crippen LogP contribution in [0.5, 0.6) is 0 Å². The van der Waals surface area contributed by atoms with E-state index in [1.807, 2.05) is 0 Å². The van der Waals surface area contributed by atoms with Crippen LogP contribution in [0.2, 0.25) is 0 Å². The summed E-state index contributed by atoms with van der Waals surface area (Å²) in [6.45, 7) is 2.16. The number of carbonyl (C=O) groups excluding carboxylic acids is 5. The predicted octanol–water partition coefficient (Wildman–Crippen LogP) is 2.05. The molecule has 2 saturated heterocycles. The first-order chi connectivity index (χ1) is 15.7. The summed E-state index contributed by atoms with van der Waals surface area (Å²) >= 11 is 0. The van der Waals surface area contributed by atoms with Crippen molar-refractivity contribution in [1.29, 1.82) is 0 Å². The van der Waals surface area contributed by atoms with Gasteiger partial charge in [-0.3, -0.25) is 29.7 Å². The highest BCUT2D eigenvalue weighted by atomic mass is 16.8. The Morgan fingerprint density at radius 3 is 1.76 bits per heavy atom. The van der Waals surface area contributed by atoms with E-state index in [1.54, 1.807) is 0 Å². The van der Waals surface area contributed by atoms with Crippen LogP contribution in [0, 0.1) is 0 Å². The molecule has 0 aromatic heterocycles. The summed E-state index contributed by atoms with van der Waals surface area (Å²) in [5.41, 5.74) is 5.41. The maximum Gasteiger partial charge on any atom is 0.382 e. The molecule has 11 heteroatoms. The highest BCUT2D eigenvalue weighted by molar-refractivity contribution is 5.92. The molecule has 0 aromatic rings. The van der Waals surface area contributed by atoms with Gasteiger partial charge in [-0.2, -0.15) is 0 Å². The largest absolute Gasteiger partial charge is 0.424 e. The molecule has 0 saturated carbocycles. The Morgan fingerprint density at radius 1 is 0.758 bits per heavy atom. The van der Waals surface area contributed by atoms with E-state index >= 15 is 0 Å². The Morgan fingerprint density at radius 2 is 1.21 bits per heavy atom. The molecule has 2 aliphatic heterocycles. The third-order valence-electron chi connectivity index (χ3n) is 5.56. The minimum Gasteiger partial charge on any atom is -0.424 e. The Balaban J connectivity index is 2.13. The number of ketones is 1. The monoisotopic (exact) mass is 470 g/mol. The van der Waals surface area contributed by atoms with Crippen molar-refractivity contribution in [2.45, 2.75) is 108 Å². The number of Topliss-reactive ketones (excluding diaryl/α,β-unsaturated/α-hetero) is 1. The van der Waals surface area contributed by atoms with Crippen LogP contribution in [0.4, 0.5) is 0 Å². The van der Waals surface area contributed by atoms with Crippen molar-refractivity contribution < 1.29 is 43.0 Å². The first kappa shape index (κ1) is 26.7. The Hall–Kier alpha value is -2.53. The topological polar surface area (TPSA) is 160 Å². The molecule has 2 aliphatic rings. The minimum atomic E-state index is -2.85. The van der Waals surface area contributed by atoms with Crippen LogP contribution in [-0.2, 0) is 43.0 Å². The van der Waals surface area contributed by atoms with Crippen molar-refractivity contribution in [3.05, 3.63) is 0 Å². The van der Waals surface area contributed by atoms with Gasteiger partial charge in [-0.25, -0.2) is 0 Å². The SMILES string of the molecule is CCCCCCCCCCCC(=O)C12NOC(=O)CCC(=O)OC1(N)OC(=O)CCC(=O)O2. The van der Waals surface area contributed by atoms with E-state index in [4.69, 9.17) is 24.8 Å². The lowest BCUT2D eigenvalue weighted by molar-refractivity contribution is -0.314. The molecule has 2 heterocycles.